The van der Waals surface area contributed by atoms with Crippen molar-refractivity contribution in [2.24, 2.45) is 0 Å². The first-order valence-corrected chi connectivity index (χ1v) is 15.9. The van der Waals surface area contributed by atoms with Gasteiger partial charge < -0.3 is 10.2 Å². The van der Waals surface area contributed by atoms with Crippen LogP contribution in [0.3, 0.4) is 0 Å². The van der Waals surface area contributed by atoms with Crippen LogP contribution in [-0.4, -0.2) is 43.8 Å². The first-order chi connectivity index (χ1) is 19.1. The molecule has 1 fully saturated rings. The number of rotatable bonds is 10. The van der Waals surface area contributed by atoms with Crippen molar-refractivity contribution in [3.8, 4) is 0 Å². The number of halogens is 2. The lowest BCUT2D eigenvalue weighted by Crippen LogP contribution is -2.52. The molecule has 1 unspecified atom stereocenters. The Morgan fingerprint density at radius 1 is 1.00 bits per heavy atom. The van der Waals surface area contributed by atoms with Gasteiger partial charge >= 0.3 is 0 Å². The van der Waals surface area contributed by atoms with E-state index >= 15 is 0 Å². The predicted molar refractivity (Wildman–Crippen MR) is 162 cm³/mol. The van der Waals surface area contributed by atoms with E-state index in [0.29, 0.717) is 0 Å². The number of carbonyl (C=O) groups is 2. The van der Waals surface area contributed by atoms with E-state index in [9.17, 15) is 18.0 Å². The molecular formula is C30H33BrClN3O4S. The number of para-hydroxylation sites is 1. The number of nitrogens with zero attached hydrogens (tertiary/aromatic N) is 2. The molecule has 0 saturated heterocycles. The van der Waals surface area contributed by atoms with Crippen molar-refractivity contribution in [1.82, 2.24) is 10.2 Å². The van der Waals surface area contributed by atoms with Crippen LogP contribution in [0.5, 0.6) is 0 Å². The number of benzene rings is 3. The van der Waals surface area contributed by atoms with Crippen molar-refractivity contribution < 1.29 is 18.0 Å². The standard InChI is InChI=1S/C30H33BrClN3O4S/c1-21-11-17-26(18-12-21)40(38,39)35(28-10-6-5-9-27(28)32)20-29(36)34(19-23-13-15-24(31)16-14-23)22(2)30(37)33-25-7-3-4-8-25/h5-6,9-18,22,25H,3-4,7-8,19-20H2,1-2H3,(H,33,37). The van der Waals surface area contributed by atoms with Crippen LogP contribution in [0.25, 0.3) is 0 Å². The second-order valence-electron chi connectivity index (χ2n) is 10.1. The maximum absolute atomic E-state index is 14.0. The molecule has 3 aromatic rings. The highest BCUT2D eigenvalue weighted by molar-refractivity contribution is 9.10. The van der Waals surface area contributed by atoms with Crippen molar-refractivity contribution in [3.05, 3.63) is 93.4 Å². The molecule has 0 bridgehead atoms. The van der Waals surface area contributed by atoms with Crippen molar-refractivity contribution in [2.45, 2.75) is 63.1 Å². The predicted octanol–water partition coefficient (Wildman–Crippen LogP) is 6.08. The summed E-state index contributed by atoms with van der Waals surface area (Å²) in [5.74, 6) is -0.782. The zero-order chi connectivity index (χ0) is 28.9. The third kappa shape index (κ3) is 7.25. The summed E-state index contributed by atoms with van der Waals surface area (Å²) in [6.45, 7) is 3.14. The molecule has 0 aliphatic heterocycles. The number of hydrogen-bond donors (Lipinski definition) is 1. The highest BCUT2D eigenvalue weighted by Crippen LogP contribution is 2.31. The summed E-state index contributed by atoms with van der Waals surface area (Å²) in [5, 5.41) is 3.26. The van der Waals surface area contributed by atoms with Crippen LogP contribution in [0.1, 0.15) is 43.7 Å². The quantitative estimate of drug-likeness (QED) is 0.289. The summed E-state index contributed by atoms with van der Waals surface area (Å²) >= 11 is 9.88. The SMILES string of the molecule is Cc1ccc(S(=O)(=O)N(CC(=O)N(Cc2ccc(Br)cc2)C(C)C(=O)NC2CCCC2)c2ccccc2Cl)cc1. The summed E-state index contributed by atoms with van der Waals surface area (Å²) in [4.78, 5) is 28.8. The van der Waals surface area contributed by atoms with Gasteiger partial charge in [0.15, 0.2) is 0 Å². The molecule has 40 heavy (non-hydrogen) atoms. The Bertz CT molecular complexity index is 1440. The molecule has 2 amide bonds. The maximum atomic E-state index is 14.0. The van der Waals surface area contributed by atoms with Gasteiger partial charge in [-0.05, 0) is 68.7 Å². The largest absolute Gasteiger partial charge is 0.352 e. The lowest BCUT2D eigenvalue weighted by molar-refractivity contribution is -0.139. The van der Waals surface area contributed by atoms with Crippen LogP contribution in [0.15, 0.2) is 82.2 Å². The Kier molecular flexibility index (Phi) is 9.92. The number of nitrogens with one attached hydrogen (secondary N) is 1. The molecule has 0 heterocycles. The van der Waals surface area contributed by atoms with E-state index in [1.165, 1.54) is 17.0 Å². The normalized spacial score (nSPS) is 14.5. The number of anilines is 1. The van der Waals surface area contributed by atoms with Crippen LogP contribution in [0, 0.1) is 6.92 Å². The fourth-order valence-corrected chi connectivity index (χ4v) is 6.75. The molecule has 1 aliphatic carbocycles. The number of hydrogen-bond acceptors (Lipinski definition) is 4. The van der Waals surface area contributed by atoms with Gasteiger partial charge in [-0.2, -0.15) is 0 Å². The Morgan fingerprint density at radius 3 is 2.25 bits per heavy atom. The second-order valence-corrected chi connectivity index (χ2v) is 13.3. The topological polar surface area (TPSA) is 86.8 Å². The molecule has 0 spiro atoms. The van der Waals surface area contributed by atoms with E-state index in [-0.39, 0.29) is 34.1 Å². The highest BCUT2D eigenvalue weighted by Gasteiger charge is 2.34. The molecule has 1 atom stereocenters. The molecular weight excluding hydrogens is 614 g/mol. The van der Waals surface area contributed by atoms with Crippen LogP contribution in [0.4, 0.5) is 5.69 Å². The minimum atomic E-state index is -4.17. The summed E-state index contributed by atoms with van der Waals surface area (Å²) in [5.41, 5.74) is 1.90. The summed E-state index contributed by atoms with van der Waals surface area (Å²) < 4.78 is 29.7. The molecule has 0 radical (unpaired) electrons. The minimum Gasteiger partial charge on any atom is -0.352 e. The molecule has 1 aliphatic rings. The van der Waals surface area contributed by atoms with Gasteiger partial charge in [-0.3, -0.25) is 13.9 Å². The Balaban J connectivity index is 1.69. The van der Waals surface area contributed by atoms with Gasteiger partial charge in [0.25, 0.3) is 10.0 Å². The molecule has 212 valence electrons. The zero-order valence-corrected chi connectivity index (χ0v) is 25.7. The van der Waals surface area contributed by atoms with Gasteiger partial charge in [-0.25, -0.2) is 8.42 Å². The Morgan fingerprint density at radius 2 is 1.62 bits per heavy atom. The van der Waals surface area contributed by atoms with Gasteiger partial charge in [-0.15, -0.1) is 0 Å². The second kappa shape index (κ2) is 13.2. The molecule has 4 rings (SSSR count). The van der Waals surface area contributed by atoms with Gasteiger partial charge in [0.1, 0.15) is 12.6 Å². The van der Waals surface area contributed by atoms with E-state index in [1.807, 2.05) is 31.2 Å². The summed E-state index contributed by atoms with van der Waals surface area (Å²) in [7, 11) is -4.17. The van der Waals surface area contributed by atoms with Crippen molar-refractivity contribution >= 4 is 55.1 Å². The van der Waals surface area contributed by atoms with E-state index in [0.717, 1.165) is 45.6 Å². The molecule has 1 saturated carbocycles. The molecule has 3 aromatic carbocycles. The van der Waals surface area contributed by atoms with E-state index < -0.39 is 28.5 Å². The lowest BCUT2D eigenvalue weighted by Gasteiger charge is -2.32. The third-order valence-corrected chi connectivity index (χ3v) is 9.77. The minimum absolute atomic E-state index is 0.0392. The fraction of sp³-hybridized carbons (Fsp3) is 0.333. The van der Waals surface area contributed by atoms with Gasteiger partial charge in [0, 0.05) is 17.1 Å². The van der Waals surface area contributed by atoms with Crippen molar-refractivity contribution in [2.75, 3.05) is 10.8 Å². The smallest absolute Gasteiger partial charge is 0.264 e. The van der Waals surface area contributed by atoms with Crippen molar-refractivity contribution in [1.29, 1.82) is 0 Å². The number of carbonyl (C=O) groups excluding carboxylic acids is 2. The van der Waals surface area contributed by atoms with Crippen LogP contribution >= 0.6 is 27.5 Å². The first-order valence-electron chi connectivity index (χ1n) is 13.2. The number of amides is 2. The lowest BCUT2D eigenvalue weighted by atomic mass is 10.1. The molecule has 7 nitrogen and oxygen atoms in total. The van der Waals surface area contributed by atoms with Crippen molar-refractivity contribution in [3.63, 3.8) is 0 Å². The summed E-state index contributed by atoms with van der Waals surface area (Å²) in [6.07, 6.45) is 3.94. The first kappa shape index (κ1) is 30.1. The van der Waals surface area contributed by atoms with Crippen LogP contribution < -0.4 is 9.62 Å². The third-order valence-electron chi connectivity index (χ3n) is 7.14. The maximum Gasteiger partial charge on any atom is 0.264 e. The molecule has 1 N–H and O–H groups in total. The van der Waals surface area contributed by atoms with Gasteiger partial charge in [0.2, 0.25) is 11.8 Å². The van der Waals surface area contributed by atoms with Crippen LogP contribution in [0.2, 0.25) is 5.02 Å². The van der Waals surface area contributed by atoms with E-state index in [4.69, 9.17) is 11.6 Å². The zero-order valence-electron chi connectivity index (χ0n) is 22.5. The highest BCUT2D eigenvalue weighted by atomic mass is 79.9. The average Bonchev–Trinajstić information content (AvgIpc) is 3.44. The summed E-state index contributed by atoms with van der Waals surface area (Å²) in [6, 6.07) is 19.6. The van der Waals surface area contributed by atoms with Gasteiger partial charge in [-0.1, -0.05) is 82.3 Å². The van der Waals surface area contributed by atoms with E-state index in [2.05, 4.69) is 21.2 Å². The fourth-order valence-electron chi connectivity index (χ4n) is 4.77. The monoisotopic (exact) mass is 645 g/mol. The van der Waals surface area contributed by atoms with Crippen LogP contribution in [-0.2, 0) is 26.2 Å². The van der Waals surface area contributed by atoms with E-state index in [1.54, 1.807) is 43.3 Å². The average molecular weight is 647 g/mol. The van der Waals surface area contributed by atoms with Gasteiger partial charge in [0.05, 0.1) is 15.6 Å². The Hall–Kier alpha value is -2.88. The molecule has 0 aromatic heterocycles. The number of aryl methyl sites for hydroxylation is 1. The Labute approximate surface area is 249 Å². The number of sulfonamides is 1. The molecule has 10 heteroatoms.